The van der Waals surface area contributed by atoms with Crippen molar-refractivity contribution >= 4 is 0 Å². The standard InChI is InChI=1S/C34H46/c1-3-5-6-8-28-15-19-31(20-16-28)33-23-25-34(26-24-33)32-21-17-30(18-22-32)14-13-29-11-9-27(7-4-2)10-12-29/h9-12,17-18,21-22,28,31,33-34H,3-8,15-16,19-20,23-26H2,1-2H3. The highest BCUT2D eigenvalue weighted by atomic mass is 14.4. The van der Waals surface area contributed by atoms with Crippen molar-refractivity contribution in [3.05, 3.63) is 70.8 Å². The quantitative estimate of drug-likeness (QED) is 0.275. The van der Waals surface area contributed by atoms with Gasteiger partial charge in [-0.3, -0.25) is 0 Å². The van der Waals surface area contributed by atoms with E-state index in [4.69, 9.17) is 0 Å². The fraction of sp³-hybridized carbons (Fsp3) is 0.588. The molecule has 2 aliphatic rings. The summed E-state index contributed by atoms with van der Waals surface area (Å²) in [7, 11) is 0. The third-order valence-corrected chi connectivity index (χ3v) is 8.77. The van der Waals surface area contributed by atoms with Gasteiger partial charge in [0.25, 0.3) is 0 Å². The predicted molar refractivity (Wildman–Crippen MR) is 147 cm³/mol. The zero-order valence-corrected chi connectivity index (χ0v) is 21.8. The van der Waals surface area contributed by atoms with Crippen LogP contribution in [-0.4, -0.2) is 0 Å². The molecule has 0 spiro atoms. The van der Waals surface area contributed by atoms with Gasteiger partial charge in [-0.25, -0.2) is 0 Å². The van der Waals surface area contributed by atoms with Gasteiger partial charge in [-0.2, -0.15) is 0 Å². The topological polar surface area (TPSA) is 0 Å². The van der Waals surface area contributed by atoms with Gasteiger partial charge in [0.1, 0.15) is 0 Å². The van der Waals surface area contributed by atoms with Crippen molar-refractivity contribution in [1.82, 2.24) is 0 Å². The molecular formula is C34H46. The summed E-state index contributed by atoms with van der Waals surface area (Å²) in [6, 6.07) is 17.9. The van der Waals surface area contributed by atoms with Crippen LogP contribution in [0.2, 0.25) is 0 Å². The summed E-state index contributed by atoms with van der Waals surface area (Å²) >= 11 is 0. The number of hydrogen-bond acceptors (Lipinski definition) is 0. The van der Waals surface area contributed by atoms with Crippen LogP contribution < -0.4 is 0 Å². The van der Waals surface area contributed by atoms with Crippen molar-refractivity contribution in [2.45, 2.75) is 110 Å². The molecule has 2 aromatic carbocycles. The monoisotopic (exact) mass is 454 g/mol. The van der Waals surface area contributed by atoms with Crippen LogP contribution in [0.1, 0.15) is 125 Å². The van der Waals surface area contributed by atoms with Gasteiger partial charge < -0.3 is 0 Å². The Morgan fingerprint density at radius 1 is 0.618 bits per heavy atom. The zero-order valence-electron chi connectivity index (χ0n) is 21.8. The summed E-state index contributed by atoms with van der Waals surface area (Å²) in [6.07, 6.45) is 19.8. The summed E-state index contributed by atoms with van der Waals surface area (Å²) in [5, 5.41) is 0. The van der Waals surface area contributed by atoms with E-state index >= 15 is 0 Å². The highest BCUT2D eigenvalue weighted by molar-refractivity contribution is 5.44. The molecule has 0 aliphatic heterocycles. The number of hydrogen-bond donors (Lipinski definition) is 0. The number of aryl methyl sites for hydroxylation is 1. The molecule has 0 unspecified atom stereocenters. The van der Waals surface area contributed by atoms with Gasteiger partial charge in [0.2, 0.25) is 0 Å². The number of rotatable bonds is 8. The summed E-state index contributed by atoms with van der Waals surface area (Å²) in [6.45, 7) is 4.55. The molecule has 4 rings (SSSR count). The van der Waals surface area contributed by atoms with Crippen molar-refractivity contribution < 1.29 is 0 Å². The van der Waals surface area contributed by atoms with Gasteiger partial charge in [-0.1, -0.05) is 94.9 Å². The van der Waals surface area contributed by atoms with E-state index in [9.17, 15) is 0 Å². The minimum Gasteiger partial charge on any atom is -0.0654 e. The third kappa shape index (κ3) is 7.25. The Kier molecular flexibility index (Phi) is 9.74. The smallest absolute Gasteiger partial charge is 0.0249 e. The molecule has 0 atom stereocenters. The van der Waals surface area contributed by atoms with Crippen molar-refractivity contribution in [2.75, 3.05) is 0 Å². The largest absolute Gasteiger partial charge is 0.0654 e. The van der Waals surface area contributed by atoms with Crippen LogP contribution in [0.4, 0.5) is 0 Å². The van der Waals surface area contributed by atoms with E-state index in [1.807, 2.05) is 0 Å². The first-order chi connectivity index (χ1) is 16.7. The molecule has 0 heterocycles. The Balaban J connectivity index is 1.22. The van der Waals surface area contributed by atoms with E-state index in [-0.39, 0.29) is 0 Å². The molecule has 0 aromatic heterocycles. The second kappa shape index (κ2) is 13.2. The van der Waals surface area contributed by atoms with Crippen LogP contribution in [0.3, 0.4) is 0 Å². The summed E-state index contributed by atoms with van der Waals surface area (Å²) < 4.78 is 0. The molecule has 0 heteroatoms. The third-order valence-electron chi connectivity index (χ3n) is 8.77. The average molecular weight is 455 g/mol. The Morgan fingerprint density at radius 2 is 1.18 bits per heavy atom. The first kappa shape index (κ1) is 25.1. The lowest BCUT2D eigenvalue weighted by atomic mass is 9.68. The first-order valence-corrected chi connectivity index (χ1v) is 14.5. The minimum atomic E-state index is 0.759. The van der Waals surface area contributed by atoms with Crippen LogP contribution in [0.15, 0.2) is 48.5 Å². The maximum Gasteiger partial charge on any atom is 0.0249 e. The fourth-order valence-corrected chi connectivity index (χ4v) is 6.58. The normalized spacial score (nSPS) is 24.9. The molecular weight excluding hydrogens is 408 g/mol. The molecule has 0 bridgehead atoms. The van der Waals surface area contributed by atoms with Gasteiger partial charge in [-0.05, 0) is 104 Å². The maximum atomic E-state index is 3.36. The van der Waals surface area contributed by atoms with Gasteiger partial charge >= 0.3 is 0 Å². The lowest BCUT2D eigenvalue weighted by Crippen LogP contribution is -2.25. The van der Waals surface area contributed by atoms with Crippen molar-refractivity contribution in [2.24, 2.45) is 17.8 Å². The van der Waals surface area contributed by atoms with E-state index in [2.05, 4.69) is 74.2 Å². The maximum absolute atomic E-state index is 3.36. The second-order valence-corrected chi connectivity index (χ2v) is 11.2. The van der Waals surface area contributed by atoms with Crippen LogP contribution in [0, 0.1) is 29.6 Å². The van der Waals surface area contributed by atoms with Crippen LogP contribution in [0.25, 0.3) is 0 Å². The number of unbranched alkanes of at least 4 members (excludes halogenated alkanes) is 2. The predicted octanol–water partition coefficient (Wildman–Crippen LogP) is 9.70. The molecule has 182 valence electrons. The summed E-state index contributed by atoms with van der Waals surface area (Å²) in [5.74, 6) is 10.5. The van der Waals surface area contributed by atoms with Gasteiger partial charge in [0.05, 0.1) is 0 Å². The summed E-state index contributed by atoms with van der Waals surface area (Å²) in [4.78, 5) is 0. The molecule has 2 aromatic rings. The van der Waals surface area contributed by atoms with Gasteiger partial charge in [0, 0.05) is 11.1 Å². The van der Waals surface area contributed by atoms with E-state index in [1.165, 1.54) is 94.6 Å². The molecule has 2 fully saturated rings. The Morgan fingerprint density at radius 3 is 1.74 bits per heavy atom. The first-order valence-electron chi connectivity index (χ1n) is 14.5. The Labute approximate surface area is 210 Å². The van der Waals surface area contributed by atoms with E-state index < -0.39 is 0 Å². The van der Waals surface area contributed by atoms with Gasteiger partial charge in [0.15, 0.2) is 0 Å². The SMILES string of the molecule is CCCCCC1CCC(C2CCC(c3ccc(C#Cc4ccc(CCC)cc4)cc3)CC2)CC1. The highest BCUT2D eigenvalue weighted by Crippen LogP contribution is 2.44. The van der Waals surface area contributed by atoms with E-state index in [0.29, 0.717) is 0 Å². The molecule has 2 saturated carbocycles. The van der Waals surface area contributed by atoms with Crippen molar-refractivity contribution in [3.63, 3.8) is 0 Å². The lowest BCUT2D eigenvalue weighted by molar-refractivity contribution is 0.155. The molecule has 0 N–H and O–H groups in total. The Hall–Kier alpha value is -2.00. The van der Waals surface area contributed by atoms with Crippen LogP contribution >= 0.6 is 0 Å². The summed E-state index contributed by atoms with van der Waals surface area (Å²) in [5.41, 5.74) is 5.18. The molecule has 0 amide bonds. The van der Waals surface area contributed by atoms with Gasteiger partial charge in [-0.15, -0.1) is 0 Å². The van der Waals surface area contributed by atoms with E-state index in [1.54, 1.807) is 0 Å². The van der Waals surface area contributed by atoms with E-state index in [0.717, 1.165) is 41.2 Å². The van der Waals surface area contributed by atoms with Crippen LogP contribution in [0.5, 0.6) is 0 Å². The molecule has 0 nitrogen and oxygen atoms in total. The second-order valence-electron chi connectivity index (χ2n) is 11.2. The van der Waals surface area contributed by atoms with Crippen molar-refractivity contribution in [3.8, 4) is 11.8 Å². The van der Waals surface area contributed by atoms with Crippen molar-refractivity contribution in [1.29, 1.82) is 0 Å². The van der Waals surface area contributed by atoms with Crippen LogP contribution in [-0.2, 0) is 6.42 Å². The minimum absolute atomic E-state index is 0.759. The molecule has 0 saturated heterocycles. The molecule has 2 aliphatic carbocycles. The fourth-order valence-electron chi connectivity index (χ4n) is 6.58. The highest BCUT2D eigenvalue weighted by Gasteiger charge is 2.31. The molecule has 0 radical (unpaired) electrons. The Bertz CT molecular complexity index is 891. The zero-order chi connectivity index (χ0) is 23.6. The lowest BCUT2D eigenvalue weighted by Gasteiger charge is -2.38. The number of benzene rings is 2. The molecule has 34 heavy (non-hydrogen) atoms. The average Bonchev–Trinajstić information content (AvgIpc) is 2.89.